The number of hydrogen-bond acceptors (Lipinski definition) is 7. The van der Waals surface area contributed by atoms with Gasteiger partial charge in [0.1, 0.15) is 16.2 Å². The normalized spacial score (nSPS) is 10.8. The molecular formula is C28H22N2O5S. The quantitative estimate of drug-likeness (QED) is 0.297. The van der Waals surface area contributed by atoms with E-state index in [2.05, 4.69) is 5.32 Å². The topological polar surface area (TPSA) is 90.7 Å². The molecule has 0 aliphatic rings. The first-order chi connectivity index (χ1) is 17.6. The summed E-state index contributed by atoms with van der Waals surface area (Å²) in [7, 11) is 3.21. The molecule has 0 saturated heterocycles. The molecule has 0 radical (unpaired) electrons. The average molecular weight is 499 g/mol. The Hall–Kier alpha value is -4.43. The number of ether oxygens (including phenoxy) is 2. The van der Waals surface area contributed by atoms with Crippen LogP contribution in [0.25, 0.3) is 32.8 Å². The van der Waals surface area contributed by atoms with Crippen molar-refractivity contribution >= 4 is 28.2 Å². The lowest BCUT2D eigenvalue weighted by Crippen LogP contribution is -2.27. The second kappa shape index (κ2) is 10.1. The number of para-hydroxylation sites is 1. The summed E-state index contributed by atoms with van der Waals surface area (Å²) < 4.78 is 16.0. The first-order valence-corrected chi connectivity index (χ1v) is 12.0. The largest absolute Gasteiger partial charge is 0.493 e. The molecule has 1 amide bonds. The minimum Gasteiger partial charge on any atom is -0.493 e. The maximum absolute atomic E-state index is 12.6. The highest BCUT2D eigenvalue weighted by Gasteiger charge is 2.14. The second-order valence-electron chi connectivity index (χ2n) is 7.97. The molecule has 0 fully saturated rings. The number of nitrogens with one attached hydrogen (secondary N) is 1. The number of rotatable bonds is 7. The summed E-state index contributed by atoms with van der Waals surface area (Å²) >= 11 is 1.55. The SMILES string of the molecule is COc1ccc(-c2csc(-c3ccc(CNC(=O)c4cc5ccccc5oc4=O)cc3)n2)cc1OC. The maximum atomic E-state index is 12.6. The average Bonchev–Trinajstić information content (AvgIpc) is 3.41. The van der Waals surface area contributed by atoms with Gasteiger partial charge in [0.05, 0.1) is 19.9 Å². The Kier molecular flexibility index (Phi) is 6.51. The minimum absolute atomic E-state index is 0.0178. The molecule has 0 aliphatic carbocycles. The molecule has 0 aliphatic heterocycles. The molecule has 5 aromatic rings. The number of methoxy groups -OCH3 is 2. The Labute approximate surface area is 211 Å². The van der Waals surface area contributed by atoms with E-state index in [1.165, 1.54) is 0 Å². The van der Waals surface area contributed by atoms with E-state index in [-0.39, 0.29) is 12.1 Å². The number of carbonyl (C=O) groups excluding carboxylic acids is 1. The van der Waals surface area contributed by atoms with Gasteiger partial charge in [-0.05, 0) is 35.9 Å². The van der Waals surface area contributed by atoms with Crippen LogP contribution in [0.2, 0.25) is 0 Å². The molecule has 0 bridgehead atoms. The summed E-state index contributed by atoms with van der Waals surface area (Å²) in [5.74, 6) is 0.844. The zero-order valence-electron chi connectivity index (χ0n) is 19.6. The minimum atomic E-state index is -0.657. The lowest BCUT2D eigenvalue weighted by Gasteiger charge is -2.08. The Morgan fingerprint density at radius 3 is 2.47 bits per heavy atom. The van der Waals surface area contributed by atoms with Gasteiger partial charge in [-0.25, -0.2) is 9.78 Å². The molecule has 2 aromatic heterocycles. The number of thiazole rings is 1. The van der Waals surface area contributed by atoms with E-state index in [0.717, 1.165) is 27.4 Å². The highest BCUT2D eigenvalue weighted by Crippen LogP contribution is 2.34. The number of amides is 1. The van der Waals surface area contributed by atoms with E-state index in [1.807, 2.05) is 53.9 Å². The van der Waals surface area contributed by atoms with Crippen molar-refractivity contribution in [2.75, 3.05) is 14.2 Å². The molecule has 0 saturated carbocycles. The van der Waals surface area contributed by atoms with Crippen LogP contribution < -0.4 is 20.4 Å². The van der Waals surface area contributed by atoms with E-state index in [1.54, 1.807) is 49.8 Å². The predicted octanol–water partition coefficient (Wildman–Crippen LogP) is 5.53. The third-order valence-electron chi connectivity index (χ3n) is 5.72. The fraction of sp³-hybridized carbons (Fsp3) is 0.107. The number of benzene rings is 3. The number of aromatic nitrogens is 1. The monoisotopic (exact) mass is 498 g/mol. The molecule has 36 heavy (non-hydrogen) atoms. The summed E-state index contributed by atoms with van der Waals surface area (Å²) in [6, 6.07) is 22.1. The number of carbonyl (C=O) groups is 1. The lowest BCUT2D eigenvalue weighted by atomic mass is 10.1. The number of nitrogens with zero attached hydrogens (tertiary/aromatic N) is 1. The van der Waals surface area contributed by atoms with Gasteiger partial charge < -0.3 is 19.2 Å². The second-order valence-corrected chi connectivity index (χ2v) is 8.83. The van der Waals surface area contributed by atoms with E-state index in [4.69, 9.17) is 18.9 Å². The first kappa shape index (κ1) is 23.3. The van der Waals surface area contributed by atoms with Crippen molar-refractivity contribution in [3.8, 4) is 33.3 Å². The van der Waals surface area contributed by atoms with Gasteiger partial charge in [-0.3, -0.25) is 4.79 Å². The van der Waals surface area contributed by atoms with Crippen molar-refractivity contribution in [2.24, 2.45) is 0 Å². The molecule has 0 atom stereocenters. The summed E-state index contributed by atoms with van der Waals surface area (Å²) in [6.45, 7) is 0.278. The zero-order valence-corrected chi connectivity index (χ0v) is 20.4. The van der Waals surface area contributed by atoms with Crippen molar-refractivity contribution < 1.29 is 18.7 Å². The van der Waals surface area contributed by atoms with Crippen LogP contribution in [0.4, 0.5) is 0 Å². The standard InChI is InChI=1S/C28H22N2O5S/c1-33-24-12-11-19(14-25(24)34-2)22-16-36-27(30-22)18-9-7-17(8-10-18)15-29-26(31)21-13-20-5-3-4-6-23(20)35-28(21)32/h3-14,16H,15H2,1-2H3,(H,29,31). The number of hydrogen-bond donors (Lipinski definition) is 1. The van der Waals surface area contributed by atoms with E-state index < -0.39 is 11.5 Å². The summed E-state index contributed by atoms with van der Waals surface area (Å²) in [6.07, 6.45) is 0. The summed E-state index contributed by atoms with van der Waals surface area (Å²) in [5.41, 5.74) is 3.43. The maximum Gasteiger partial charge on any atom is 0.349 e. The van der Waals surface area contributed by atoms with Crippen LogP contribution in [0.1, 0.15) is 15.9 Å². The molecule has 7 nitrogen and oxygen atoms in total. The van der Waals surface area contributed by atoms with Gasteiger partial charge in [-0.1, -0.05) is 42.5 Å². The Bertz CT molecular complexity index is 1600. The molecule has 5 rings (SSSR count). The smallest absolute Gasteiger partial charge is 0.349 e. The van der Waals surface area contributed by atoms with Crippen molar-refractivity contribution in [1.82, 2.24) is 10.3 Å². The van der Waals surface area contributed by atoms with Crippen LogP contribution in [0.3, 0.4) is 0 Å². The van der Waals surface area contributed by atoms with Gasteiger partial charge in [0.2, 0.25) is 0 Å². The molecule has 2 heterocycles. The lowest BCUT2D eigenvalue weighted by molar-refractivity contribution is 0.0947. The van der Waals surface area contributed by atoms with Crippen LogP contribution in [0.15, 0.2) is 87.4 Å². The van der Waals surface area contributed by atoms with E-state index in [0.29, 0.717) is 22.5 Å². The zero-order chi connectivity index (χ0) is 25.1. The van der Waals surface area contributed by atoms with Crippen molar-refractivity contribution in [3.05, 3.63) is 99.7 Å². The van der Waals surface area contributed by atoms with Crippen molar-refractivity contribution in [2.45, 2.75) is 6.54 Å². The highest BCUT2D eigenvalue weighted by atomic mass is 32.1. The summed E-state index contributed by atoms with van der Waals surface area (Å²) in [5, 5.41) is 6.37. The molecule has 3 aromatic carbocycles. The van der Waals surface area contributed by atoms with Gasteiger partial charge in [0, 0.05) is 28.4 Å². The molecule has 0 spiro atoms. The fourth-order valence-electron chi connectivity index (χ4n) is 3.80. The Morgan fingerprint density at radius 1 is 0.944 bits per heavy atom. The third-order valence-corrected chi connectivity index (χ3v) is 6.61. The van der Waals surface area contributed by atoms with Crippen LogP contribution >= 0.6 is 11.3 Å². The van der Waals surface area contributed by atoms with Crippen LogP contribution in [-0.4, -0.2) is 25.1 Å². The van der Waals surface area contributed by atoms with Gasteiger partial charge in [0.25, 0.3) is 5.91 Å². The first-order valence-electron chi connectivity index (χ1n) is 11.1. The number of fused-ring (bicyclic) bond motifs is 1. The Balaban J connectivity index is 1.27. The molecule has 1 N–H and O–H groups in total. The van der Waals surface area contributed by atoms with Crippen molar-refractivity contribution in [3.63, 3.8) is 0 Å². The van der Waals surface area contributed by atoms with Crippen LogP contribution in [0, 0.1) is 0 Å². The molecule has 8 heteroatoms. The fourth-order valence-corrected chi connectivity index (χ4v) is 4.63. The molecular weight excluding hydrogens is 476 g/mol. The van der Waals surface area contributed by atoms with Crippen LogP contribution in [-0.2, 0) is 6.54 Å². The van der Waals surface area contributed by atoms with E-state index >= 15 is 0 Å². The van der Waals surface area contributed by atoms with E-state index in [9.17, 15) is 9.59 Å². The Morgan fingerprint density at radius 2 is 1.69 bits per heavy atom. The highest BCUT2D eigenvalue weighted by molar-refractivity contribution is 7.13. The van der Waals surface area contributed by atoms with Gasteiger partial charge >= 0.3 is 5.63 Å². The van der Waals surface area contributed by atoms with Crippen LogP contribution in [0.5, 0.6) is 11.5 Å². The summed E-state index contributed by atoms with van der Waals surface area (Å²) in [4.78, 5) is 29.6. The predicted molar refractivity (Wildman–Crippen MR) is 140 cm³/mol. The van der Waals surface area contributed by atoms with Gasteiger partial charge in [0.15, 0.2) is 11.5 Å². The third kappa shape index (κ3) is 4.71. The van der Waals surface area contributed by atoms with Gasteiger partial charge in [-0.2, -0.15) is 0 Å². The molecule has 0 unspecified atom stereocenters. The van der Waals surface area contributed by atoms with Gasteiger partial charge in [-0.15, -0.1) is 11.3 Å². The van der Waals surface area contributed by atoms with Crippen molar-refractivity contribution in [1.29, 1.82) is 0 Å². The molecule has 180 valence electrons.